The number of nitro groups is 1. The molecule has 8 heteroatoms. The summed E-state index contributed by atoms with van der Waals surface area (Å²) in [7, 11) is 0. The third-order valence-corrected chi connectivity index (χ3v) is 9.34. The molecular formula is C38H36N3O5+. The maximum Gasteiger partial charge on any atom is 0.336 e. The number of rotatable bonds is 6. The number of hydrogen-bond acceptors (Lipinski definition) is 5. The Morgan fingerprint density at radius 3 is 2.26 bits per heavy atom. The Kier molecular flexibility index (Phi) is 7.64. The summed E-state index contributed by atoms with van der Waals surface area (Å²) in [5, 5.41) is 23.9. The van der Waals surface area contributed by atoms with Gasteiger partial charge >= 0.3 is 5.97 Å². The molecule has 3 aromatic rings. The van der Waals surface area contributed by atoms with Crippen LogP contribution < -0.4 is 14.8 Å². The summed E-state index contributed by atoms with van der Waals surface area (Å²) in [5.41, 5.74) is 7.19. The summed E-state index contributed by atoms with van der Waals surface area (Å²) in [5.74, 6) is -0.286. The van der Waals surface area contributed by atoms with E-state index in [1.807, 2.05) is 24.3 Å². The highest BCUT2D eigenvalue weighted by Crippen LogP contribution is 2.42. The summed E-state index contributed by atoms with van der Waals surface area (Å²) < 4.78 is 8.98. The molecule has 1 aliphatic carbocycles. The van der Waals surface area contributed by atoms with Crippen molar-refractivity contribution in [2.45, 2.75) is 39.5 Å². The zero-order valence-electron chi connectivity index (χ0n) is 26.1. The van der Waals surface area contributed by atoms with E-state index in [9.17, 15) is 20.0 Å². The van der Waals surface area contributed by atoms with E-state index in [1.54, 1.807) is 32.0 Å². The summed E-state index contributed by atoms with van der Waals surface area (Å²) >= 11 is 0. The molecule has 232 valence electrons. The first kappa shape index (κ1) is 29.5. The number of aryl methyl sites for hydroxylation is 2. The standard InChI is InChI=1S/C38H35N3O5/c1-24-19-27(20-25(2)37(24)41(44)45)8-7-26-9-12-30(33(21-26)38(42)43)36-31-13-10-28(39-15-3-4-16-39)22-34(31)46-35-23-29(11-14-32(35)36)40-17-5-6-18-40/h7-14,19-23H,3-6,15-18H2,1-2H3/p+1/b8-7-. The monoisotopic (exact) mass is 614 g/mol. The minimum atomic E-state index is -1.02. The molecule has 2 saturated heterocycles. The molecular weight excluding hydrogens is 578 g/mol. The molecule has 0 aromatic heterocycles. The second kappa shape index (κ2) is 11.9. The van der Waals surface area contributed by atoms with Gasteiger partial charge in [-0.3, -0.25) is 10.1 Å². The smallest absolute Gasteiger partial charge is 0.336 e. The van der Waals surface area contributed by atoms with E-state index in [0.29, 0.717) is 16.7 Å². The minimum Gasteiger partial charge on any atom is -0.478 e. The number of carbonyl (C=O) groups is 1. The molecule has 0 bridgehead atoms. The Morgan fingerprint density at radius 1 is 0.870 bits per heavy atom. The number of benzene rings is 4. The Morgan fingerprint density at radius 2 is 1.57 bits per heavy atom. The highest BCUT2D eigenvalue weighted by molar-refractivity contribution is 6.08. The molecule has 3 aromatic carbocycles. The molecule has 1 N–H and O–H groups in total. The second-order valence-corrected chi connectivity index (χ2v) is 12.4. The number of nitro benzene ring substituents is 1. The van der Waals surface area contributed by atoms with Crippen LogP contribution in [-0.4, -0.2) is 42.2 Å². The van der Waals surface area contributed by atoms with Crippen LogP contribution >= 0.6 is 0 Å². The van der Waals surface area contributed by atoms with Crippen molar-refractivity contribution in [2.75, 3.05) is 31.1 Å². The molecule has 0 atom stereocenters. The third kappa shape index (κ3) is 5.44. The van der Waals surface area contributed by atoms with Gasteiger partial charge in [-0.05, 0) is 79.8 Å². The van der Waals surface area contributed by atoms with Crippen molar-refractivity contribution in [3.63, 3.8) is 0 Å². The van der Waals surface area contributed by atoms with Crippen LogP contribution in [-0.2, 0) is 0 Å². The van der Waals surface area contributed by atoms with Crippen LogP contribution in [0.15, 0.2) is 71.1 Å². The lowest BCUT2D eigenvalue weighted by Gasteiger charge is -2.20. The highest BCUT2D eigenvalue weighted by atomic mass is 16.6. The van der Waals surface area contributed by atoms with Crippen molar-refractivity contribution >= 4 is 40.5 Å². The number of fused-ring (bicyclic) bond motifs is 2. The molecule has 3 aliphatic heterocycles. The van der Waals surface area contributed by atoms with E-state index in [2.05, 4.69) is 45.9 Å². The van der Waals surface area contributed by atoms with Crippen molar-refractivity contribution in [3.8, 4) is 22.5 Å². The van der Waals surface area contributed by atoms with E-state index < -0.39 is 5.97 Å². The van der Waals surface area contributed by atoms with E-state index in [1.165, 1.54) is 25.7 Å². The van der Waals surface area contributed by atoms with Crippen LogP contribution in [0.3, 0.4) is 0 Å². The van der Waals surface area contributed by atoms with Gasteiger partial charge in [0.05, 0.1) is 16.6 Å². The van der Waals surface area contributed by atoms with Crippen molar-refractivity contribution < 1.29 is 19.2 Å². The topological polar surface area (TPSA) is 99.8 Å². The van der Waals surface area contributed by atoms with Crippen molar-refractivity contribution in [3.05, 3.63) is 110 Å². The maximum absolute atomic E-state index is 12.8. The fourth-order valence-electron chi connectivity index (χ4n) is 7.13. The van der Waals surface area contributed by atoms with Crippen LogP contribution in [0.4, 0.5) is 11.4 Å². The number of aromatic carboxylic acids is 1. The van der Waals surface area contributed by atoms with Crippen molar-refractivity contribution in [1.82, 2.24) is 4.58 Å². The first-order valence-electron chi connectivity index (χ1n) is 15.9. The summed E-state index contributed by atoms with van der Waals surface area (Å²) in [6, 6.07) is 21.6. The Hall–Kier alpha value is -5.24. The van der Waals surface area contributed by atoms with Gasteiger partial charge in [0.25, 0.3) is 5.69 Å². The number of hydrogen-bond donors (Lipinski definition) is 1. The quantitative estimate of drug-likeness (QED) is 0.0690. The maximum atomic E-state index is 12.8. The molecule has 2 fully saturated rings. The average molecular weight is 615 g/mol. The van der Waals surface area contributed by atoms with Gasteiger partial charge in [0.15, 0.2) is 0 Å². The van der Waals surface area contributed by atoms with Gasteiger partial charge in [0.2, 0.25) is 5.36 Å². The first-order chi connectivity index (χ1) is 22.3. The van der Waals surface area contributed by atoms with E-state index in [-0.39, 0.29) is 16.2 Å². The van der Waals surface area contributed by atoms with Gasteiger partial charge in [0, 0.05) is 71.4 Å². The molecule has 0 radical (unpaired) electrons. The van der Waals surface area contributed by atoms with E-state index in [4.69, 9.17) is 4.42 Å². The predicted octanol–water partition coefficient (Wildman–Crippen LogP) is 7.76. The van der Waals surface area contributed by atoms with Crippen molar-refractivity contribution in [1.29, 1.82) is 0 Å². The molecule has 7 rings (SSSR count). The Balaban J connectivity index is 1.38. The molecule has 0 saturated carbocycles. The molecule has 46 heavy (non-hydrogen) atoms. The Labute approximate surface area is 267 Å². The normalized spacial score (nSPS) is 15.1. The number of anilines is 1. The molecule has 8 nitrogen and oxygen atoms in total. The van der Waals surface area contributed by atoms with Crippen LogP contribution in [0.2, 0.25) is 0 Å². The summed E-state index contributed by atoms with van der Waals surface area (Å²) in [6.07, 6.45) is 8.38. The second-order valence-electron chi connectivity index (χ2n) is 12.4. The molecule has 3 heterocycles. The Bertz CT molecular complexity index is 2070. The van der Waals surface area contributed by atoms with Gasteiger partial charge in [-0.15, -0.1) is 0 Å². The lowest BCUT2D eigenvalue weighted by atomic mass is 9.89. The van der Waals surface area contributed by atoms with Crippen LogP contribution in [0.5, 0.6) is 0 Å². The van der Waals surface area contributed by atoms with Crippen molar-refractivity contribution in [2.24, 2.45) is 0 Å². The molecule has 0 unspecified atom stereocenters. The largest absolute Gasteiger partial charge is 0.478 e. The van der Waals surface area contributed by atoms with Crippen LogP contribution in [0.1, 0.15) is 58.3 Å². The van der Waals surface area contributed by atoms with Crippen LogP contribution in [0.25, 0.3) is 45.6 Å². The van der Waals surface area contributed by atoms with Gasteiger partial charge in [-0.2, -0.15) is 0 Å². The van der Waals surface area contributed by atoms with Gasteiger partial charge in [-0.1, -0.05) is 24.3 Å². The van der Waals surface area contributed by atoms with Crippen LogP contribution in [0, 0.1) is 24.0 Å². The fraction of sp³-hybridized carbons (Fsp3) is 0.263. The zero-order chi connectivity index (χ0) is 31.9. The molecule has 0 amide bonds. The van der Waals surface area contributed by atoms with Gasteiger partial charge < -0.3 is 14.4 Å². The molecule has 0 spiro atoms. The minimum absolute atomic E-state index is 0.115. The number of nitrogens with zero attached hydrogens (tertiary/aromatic N) is 3. The van der Waals surface area contributed by atoms with E-state index >= 15 is 0 Å². The van der Waals surface area contributed by atoms with E-state index in [0.717, 1.165) is 76.2 Å². The number of carboxylic acid groups (broad SMARTS) is 1. The zero-order valence-corrected chi connectivity index (χ0v) is 26.1. The fourth-order valence-corrected chi connectivity index (χ4v) is 7.13. The highest BCUT2D eigenvalue weighted by Gasteiger charge is 2.24. The lowest BCUT2D eigenvalue weighted by Crippen LogP contribution is -2.26. The molecule has 4 aliphatic rings. The van der Waals surface area contributed by atoms with Gasteiger partial charge in [0.1, 0.15) is 24.4 Å². The van der Waals surface area contributed by atoms with Gasteiger partial charge in [-0.25, -0.2) is 9.37 Å². The first-order valence-corrected chi connectivity index (χ1v) is 15.9. The SMILES string of the molecule is Cc1cc(/C=C\c2ccc(-c3c4ccc(=[N+]5CCCC5)cc-4oc4cc(N5CCCC5)ccc34)c(C(=O)O)c2)cc(C)c1[N+](=O)[O-]. The number of carboxylic acids is 1. The lowest BCUT2D eigenvalue weighted by molar-refractivity contribution is -0.386. The third-order valence-electron chi connectivity index (χ3n) is 9.34. The summed E-state index contributed by atoms with van der Waals surface area (Å²) in [4.78, 5) is 26.2. The summed E-state index contributed by atoms with van der Waals surface area (Å²) in [6.45, 7) is 7.51. The predicted molar refractivity (Wildman–Crippen MR) is 182 cm³/mol. The average Bonchev–Trinajstić information content (AvgIpc) is 3.77.